The van der Waals surface area contributed by atoms with Crippen LogP contribution in [0.3, 0.4) is 0 Å². The molecular weight excluding hydrogens is 358 g/mol. The van der Waals surface area contributed by atoms with E-state index in [1.807, 2.05) is 0 Å². The summed E-state index contributed by atoms with van der Waals surface area (Å²) in [6.07, 6.45) is 1.41. The third-order valence-corrected chi connectivity index (χ3v) is 3.91. The van der Waals surface area contributed by atoms with Crippen molar-refractivity contribution in [3.63, 3.8) is 0 Å². The SMILES string of the molecule is NC(=O)Nc1cn(-c2ccc(-c3ccc(O)cc3)c(Cl)c2)nc1C(N)=O. The van der Waals surface area contributed by atoms with Gasteiger partial charge >= 0.3 is 6.03 Å². The van der Waals surface area contributed by atoms with Crippen LogP contribution in [0, 0.1) is 0 Å². The van der Waals surface area contributed by atoms with Crippen LogP contribution in [0.5, 0.6) is 5.75 Å². The van der Waals surface area contributed by atoms with Crippen LogP contribution in [0.15, 0.2) is 48.7 Å². The van der Waals surface area contributed by atoms with E-state index in [4.69, 9.17) is 23.1 Å². The molecule has 9 heteroatoms. The number of carbonyl (C=O) groups is 2. The minimum absolute atomic E-state index is 0.101. The largest absolute Gasteiger partial charge is 0.508 e. The van der Waals surface area contributed by atoms with Crippen molar-refractivity contribution in [2.24, 2.45) is 11.5 Å². The monoisotopic (exact) mass is 371 g/mol. The predicted molar refractivity (Wildman–Crippen MR) is 97.4 cm³/mol. The fraction of sp³-hybridized carbons (Fsp3) is 0. The molecule has 0 spiro atoms. The van der Waals surface area contributed by atoms with E-state index >= 15 is 0 Å². The third-order valence-electron chi connectivity index (χ3n) is 3.60. The molecule has 0 saturated carbocycles. The number of hydrogen-bond acceptors (Lipinski definition) is 4. The lowest BCUT2D eigenvalue weighted by molar-refractivity contribution is 0.0996. The van der Waals surface area contributed by atoms with Crippen LogP contribution in [0.2, 0.25) is 5.02 Å². The van der Waals surface area contributed by atoms with Crippen molar-refractivity contribution in [2.45, 2.75) is 0 Å². The van der Waals surface area contributed by atoms with E-state index in [-0.39, 0.29) is 17.1 Å². The molecule has 6 N–H and O–H groups in total. The molecule has 0 bridgehead atoms. The Morgan fingerprint density at radius 1 is 1.12 bits per heavy atom. The second-order valence-corrected chi connectivity index (χ2v) is 5.81. The van der Waals surface area contributed by atoms with Crippen molar-refractivity contribution < 1.29 is 14.7 Å². The molecule has 132 valence electrons. The first-order valence-corrected chi connectivity index (χ1v) is 7.78. The highest BCUT2D eigenvalue weighted by Crippen LogP contribution is 2.31. The molecule has 1 aromatic heterocycles. The van der Waals surface area contributed by atoms with Crippen LogP contribution in [-0.2, 0) is 0 Å². The smallest absolute Gasteiger partial charge is 0.316 e. The van der Waals surface area contributed by atoms with Gasteiger partial charge in [0.05, 0.1) is 22.6 Å². The third kappa shape index (κ3) is 3.45. The summed E-state index contributed by atoms with van der Waals surface area (Å²) in [5, 5.41) is 16.2. The molecule has 2 aromatic carbocycles. The van der Waals surface area contributed by atoms with Gasteiger partial charge in [0.15, 0.2) is 5.69 Å². The van der Waals surface area contributed by atoms with Gasteiger partial charge in [-0.05, 0) is 29.8 Å². The molecule has 0 saturated heterocycles. The van der Waals surface area contributed by atoms with E-state index in [1.165, 1.54) is 10.9 Å². The van der Waals surface area contributed by atoms with E-state index in [0.29, 0.717) is 10.7 Å². The summed E-state index contributed by atoms with van der Waals surface area (Å²) in [6.45, 7) is 0. The van der Waals surface area contributed by atoms with Crippen molar-refractivity contribution in [2.75, 3.05) is 5.32 Å². The number of urea groups is 1. The van der Waals surface area contributed by atoms with Gasteiger partial charge in [0.25, 0.3) is 5.91 Å². The normalized spacial score (nSPS) is 10.5. The zero-order chi connectivity index (χ0) is 18.8. The van der Waals surface area contributed by atoms with Crippen molar-refractivity contribution in [1.82, 2.24) is 9.78 Å². The maximum absolute atomic E-state index is 11.5. The van der Waals surface area contributed by atoms with Crippen molar-refractivity contribution in [3.8, 4) is 22.6 Å². The first-order valence-electron chi connectivity index (χ1n) is 7.40. The van der Waals surface area contributed by atoms with Gasteiger partial charge in [-0.2, -0.15) is 5.10 Å². The Labute approximate surface area is 153 Å². The van der Waals surface area contributed by atoms with Crippen LogP contribution in [0.1, 0.15) is 10.5 Å². The summed E-state index contributed by atoms with van der Waals surface area (Å²) in [6, 6.07) is 10.9. The number of amides is 3. The van der Waals surface area contributed by atoms with Crippen LogP contribution in [-0.4, -0.2) is 26.8 Å². The van der Waals surface area contributed by atoms with Crippen molar-refractivity contribution in [1.29, 1.82) is 0 Å². The lowest BCUT2D eigenvalue weighted by Crippen LogP contribution is -2.22. The number of primary amides is 2. The Balaban J connectivity index is 2.00. The number of aromatic hydroxyl groups is 1. The summed E-state index contributed by atoms with van der Waals surface area (Å²) >= 11 is 6.36. The second-order valence-electron chi connectivity index (χ2n) is 5.40. The van der Waals surface area contributed by atoms with Crippen molar-refractivity contribution in [3.05, 3.63) is 59.4 Å². The number of nitrogens with one attached hydrogen (secondary N) is 1. The number of rotatable bonds is 4. The standard InChI is InChI=1S/C17H14ClN5O3/c18-13-7-10(3-6-12(13)9-1-4-11(24)5-2-9)23-8-14(21-17(20)26)15(22-23)16(19)25/h1-8,24H,(H2,19,25)(H3,20,21,26). The number of hydrogen-bond donors (Lipinski definition) is 4. The summed E-state index contributed by atoms with van der Waals surface area (Å²) in [4.78, 5) is 22.5. The highest BCUT2D eigenvalue weighted by molar-refractivity contribution is 6.33. The number of nitrogens with zero attached hydrogens (tertiary/aromatic N) is 2. The molecule has 3 aromatic rings. The molecule has 8 nitrogen and oxygen atoms in total. The average molecular weight is 372 g/mol. The van der Waals surface area contributed by atoms with E-state index in [1.54, 1.807) is 42.5 Å². The Bertz CT molecular complexity index is 998. The number of nitrogens with two attached hydrogens (primary N) is 2. The fourth-order valence-electron chi connectivity index (χ4n) is 2.43. The molecule has 0 aliphatic heterocycles. The minimum atomic E-state index is -0.840. The number of phenolic OH excluding ortho intramolecular Hbond substituents is 1. The predicted octanol–water partition coefficient (Wildman–Crippen LogP) is 2.49. The highest BCUT2D eigenvalue weighted by Gasteiger charge is 2.16. The fourth-order valence-corrected chi connectivity index (χ4v) is 2.72. The van der Waals surface area contributed by atoms with Gasteiger partial charge in [-0.25, -0.2) is 9.48 Å². The van der Waals surface area contributed by atoms with Gasteiger partial charge in [-0.3, -0.25) is 4.79 Å². The molecule has 0 aliphatic carbocycles. The summed E-state index contributed by atoms with van der Waals surface area (Å²) < 4.78 is 1.36. The molecule has 3 rings (SSSR count). The molecule has 0 fully saturated rings. The van der Waals surface area contributed by atoms with Gasteiger partial charge in [-0.15, -0.1) is 0 Å². The molecule has 3 amide bonds. The van der Waals surface area contributed by atoms with Crippen LogP contribution in [0.25, 0.3) is 16.8 Å². The molecule has 0 atom stereocenters. The number of carbonyl (C=O) groups excluding carboxylic acids is 2. The average Bonchev–Trinajstić information content (AvgIpc) is 2.99. The molecule has 1 heterocycles. The maximum atomic E-state index is 11.5. The van der Waals surface area contributed by atoms with Gasteiger partial charge in [0, 0.05) is 5.56 Å². The number of anilines is 1. The van der Waals surface area contributed by atoms with Crippen molar-refractivity contribution >= 4 is 29.2 Å². The summed E-state index contributed by atoms with van der Waals surface area (Å²) in [7, 11) is 0. The number of halogens is 1. The van der Waals surface area contributed by atoms with Gasteiger partial charge in [0.2, 0.25) is 0 Å². The number of aromatic nitrogens is 2. The zero-order valence-electron chi connectivity index (χ0n) is 13.3. The Morgan fingerprint density at radius 3 is 2.38 bits per heavy atom. The molecular formula is C17H14ClN5O3. The molecule has 26 heavy (non-hydrogen) atoms. The van der Waals surface area contributed by atoms with E-state index in [9.17, 15) is 14.7 Å². The lowest BCUT2D eigenvalue weighted by Gasteiger charge is -2.08. The summed E-state index contributed by atoms with van der Waals surface area (Å²) in [5.41, 5.74) is 12.5. The quantitative estimate of drug-likeness (QED) is 0.560. The molecule has 0 aliphatic rings. The van der Waals surface area contributed by atoms with Crippen LogP contribution in [0.4, 0.5) is 10.5 Å². The van der Waals surface area contributed by atoms with E-state index in [0.717, 1.165) is 11.1 Å². The van der Waals surface area contributed by atoms with E-state index in [2.05, 4.69) is 10.4 Å². The first-order chi connectivity index (χ1) is 12.3. The first kappa shape index (κ1) is 17.3. The molecule has 0 radical (unpaired) electrons. The maximum Gasteiger partial charge on any atom is 0.316 e. The topological polar surface area (TPSA) is 136 Å². The summed E-state index contributed by atoms with van der Waals surface area (Å²) in [5.74, 6) is -0.647. The minimum Gasteiger partial charge on any atom is -0.508 e. The number of phenols is 1. The Hall–Kier alpha value is -3.52. The van der Waals surface area contributed by atoms with Gasteiger partial charge in [0.1, 0.15) is 5.75 Å². The van der Waals surface area contributed by atoms with Crippen LogP contribution < -0.4 is 16.8 Å². The van der Waals surface area contributed by atoms with Gasteiger partial charge < -0.3 is 21.9 Å². The van der Waals surface area contributed by atoms with E-state index < -0.39 is 11.9 Å². The van der Waals surface area contributed by atoms with Gasteiger partial charge in [-0.1, -0.05) is 29.8 Å². The zero-order valence-corrected chi connectivity index (χ0v) is 14.1. The number of benzene rings is 2. The lowest BCUT2D eigenvalue weighted by atomic mass is 10.1. The second kappa shape index (κ2) is 6.77. The van der Waals surface area contributed by atoms with Crippen LogP contribution >= 0.6 is 11.6 Å². The highest BCUT2D eigenvalue weighted by atomic mass is 35.5. The Kier molecular flexibility index (Phi) is 4.51. The Morgan fingerprint density at radius 2 is 1.81 bits per heavy atom. The molecule has 0 unspecified atom stereocenters.